The first-order valence-electron chi connectivity index (χ1n) is 9.44. The molecule has 2 heterocycles. The Kier molecular flexibility index (Phi) is 5.78. The number of nitrogens with zero attached hydrogens (tertiary/aromatic N) is 2. The van der Waals surface area contributed by atoms with Crippen molar-refractivity contribution in [2.45, 2.75) is 32.0 Å². The van der Waals surface area contributed by atoms with E-state index in [9.17, 15) is 8.78 Å². The van der Waals surface area contributed by atoms with Crippen LogP contribution in [0.2, 0.25) is 0 Å². The van der Waals surface area contributed by atoms with Gasteiger partial charge in [0.2, 0.25) is 5.89 Å². The Bertz CT molecular complexity index is 888. The lowest BCUT2D eigenvalue weighted by Gasteiger charge is -2.33. The standard InChI is InChI=1S/C22H22F2N2O2/c23-18-5-1-16(2-6-18)13-26(21-9-11-27-12-10-21)14-20-15-28-22(25-20)17-3-7-19(24)8-4-17/h1-8,15,21H,9-14H2. The zero-order valence-electron chi connectivity index (χ0n) is 15.5. The van der Waals surface area contributed by atoms with E-state index < -0.39 is 0 Å². The molecule has 4 nitrogen and oxygen atoms in total. The van der Waals surface area contributed by atoms with Crippen molar-refractivity contribution in [3.63, 3.8) is 0 Å². The van der Waals surface area contributed by atoms with Crippen molar-refractivity contribution in [2.24, 2.45) is 0 Å². The van der Waals surface area contributed by atoms with Crippen LogP contribution in [0.25, 0.3) is 11.5 Å². The predicted octanol–water partition coefficient (Wildman–Crippen LogP) is 4.80. The molecule has 0 amide bonds. The van der Waals surface area contributed by atoms with Gasteiger partial charge in [-0.25, -0.2) is 13.8 Å². The Morgan fingerprint density at radius 3 is 2.21 bits per heavy atom. The monoisotopic (exact) mass is 384 g/mol. The molecule has 0 spiro atoms. The first kappa shape index (κ1) is 18.8. The molecule has 146 valence electrons. The van der Waals surface area contributed by atoms with Crippen LogP contribution < -0.4 is 0 Å². The van der Waals surface area contributed by atoms with E-state index in [1.165, 1.54) is 24.3 Å². The van der Waals surface area contributed by atoms with Gasteiger partial charge in [0, 0.05) is 37.9 Å². The molecule has 2 aromatic carbocycles. The van der Waals surface area contributed by atoms with Crippen LogP contribution in [0.3, 0.4) is 0 Å². The van der Waals surface area contributed by atoms with Crippen molar-refractivity contribution in [3.05, 3.63) is 77.7 Å². The summed E-state index contributed by atoms with van der Waals surface area (Å²) in [6, 6.07) is 13.1. The maximum absolute atomic E-state index is 13.2. The molecule has 0 saturated carbocycles. The molecule has 3 aromatic rings. The molecular weight excluding hydrogens is 362 g/mol. The minimum absolute atomic E-state index is 0.234. The van der Waals surface area contributed by atoms with Gasteiger partial charge in [-0.2, -0.15) is 0 Å². The Morgan fingerprint density at radius 2 is 1.54 bits per heavy atom. The summed E-state index contributed by atoms with van der Waals surface area (Å²) in [5.74, 6) is -0.0500. The maximum Gasteiger partial charge on any atom is 0.226 e. The zero-order chi connectivity index (χ0) is 19.3. The fraction of sp³-hybridized carbons (Fsp3) is 0.318. The van der Waals surface area contributed by atoms with Gasteiger partial charge in [0.05, 0.1) is 5.69 Å². The van der Waals surface area contributed by atoms with E-state index in [-0.39, 0.29) is 11.6 Å². The summed E-state index contributed by atoms with van der Waals surface area (Å²) in [6.45, 7) is 2.80. The molecule has 4 rings (SSSR count). The minimum atomic E-state index is -0.291. The third-order valence-electron chi connectivity index (χ3n) is 5.01. The smallest absolute Gasteiger partial charge is 0.226 e. The number of benzene rings is 2. The van der Waals surface area contributed by atoms with Gasteiger partial charge in [-0.15, -0.1) is 0 Å². The summed E-state index contributed by atoms with van der Waals surface area (Å²) in [7, 11) is 0. The van der Waals surface area contributed by atoms with Crippen molar-refractivity contribution >= 4 is 0 Å². The van der Waals surface area contributed by atoms with E-state index in [1.807, 2.05) is 12.1 Å². The van der Waals surface area contributed by atoms with Gasteiger partial charge >= 0.3 is 0 Å². The van der Waals surface area contributed by atoms with Crippen LogP contribution in [0, 0.1) is 11.6 Å². The number of hydrogen-bond donors (Lipinski definition) is 0. The Morgan fingerprint density at radius 1 is 0.893 bits per heavy atom. The molecule has 1 aromatic heterocycles. The lowest BCUT2D eigenvalue weighted by atomic mass is 10.1. The molecule has 0 N–H and O–H groups in total. The van der Waals surface area contributed by atoms with Gasteiger partial charge in [0.25, 0.3) is 0 Å². The molecule has 0 unspecified atom stereocenters. The predicted molar refractivity (Wildman–Crippen MR) is 101 cm³/mol. The largest absolute Gasteiger partial charge is 0.444 e. The van der Waals surface area contributed by atoms with Crippen LogP contribution in [0.1, 0.15) is 24.1 Å². The summed E-state index contributed by atoms with van der Waals surface area (Å²) in [6.07, 6.45) is 3.55. The molecule has 28 heavy (non-hydrogen) atoms. The molecule has 1 aliphatic heterocycles. The number of rotatable bonds is 6. The second-order valence-corrected chi connectivity index (χ2v) is 7.03. The van der Waals surface area contributed by atoms with Gasteiger partial charge in [0.1, 0.15) is 17.9 Å². The molecule has 1 aliphatic rings. The topological polar surface area (TPSA) is 38.5 Å². The van der Waals surface area contributed by atoms with E-state index in [4.69, 9.17) is 9.15 Å². The lowest BCUT2D eigenvalue weighted by Crippen LogP contribution is -2.38. The van der Waals surface area contributed by atoms with Crippen molar-refractivity contribution < 1.29 is 17.9 Å². The molecule has 0 atom stereocenters. The molecule has 6 heteroatoms. The molecule has 0 bridgehead atoms. The minimum Gasteiger partial charge on any atom is -0.444 e. The fourth-order valence-electron chi connectivity index (χ4n) is 3.50. The number of aromatic nitrogens is 1. The molecule has 1 fully saturated rings. The van der Waals surface area contributed by atoms with Gasteiger partial charge in [0.15, 0.2) is 0 Å². The number of hydrogen-bond acceptors (Lipinski definition) is 4. The molecular formula is C22H22F2N2O2. The van der Waals surface area contributed by atoms with Gasteiger partial charge in [-0.1, -0.05) is 12.1 Å². The van der Waals surface area contributed by atoms with E-state index in [0.717, 1.165) is 42.9 Å². The molecule has 1 saturated heterocycles. The first-order valence-corrected chi connectivity index (χ1v) is 9.44. The lowest BCUT2D eigenvalue weighted by molar-refractivity contribution is 0.0272. The van der Waals surface area contributed by atoms with Crippen LogP contribution in [0.4, 0.5) is 8.78 Å². The molecule has 0 radical (unpaired) electrons. The average Bonchev–Trinajstić information content (AvgIpc) is 3.19. The molecule has 0 aliphatic carbocycles. The first-order chi connectivity index (χ1) is 13.7. The summed E-state index contributed by atoms with van der Waals surface area (Å²) in [5.41, 5.74) is 2.60. The van der Waals surface area contributed by atoms with Crippen molar-refractivity contribution in [3.8, 4) is 11.5 Å². The van der Waals surface area contributed by atoms with E-state index >= 15 is 0 Å². The number of oxazole rings is 1. The van der Waals surface area contributed by atoms with Crippen molar-refractivity contribution in [1.82, 2.24) is 9.88 Å². The highest BCUT2D eigenvalue weighted by Gasteiger charge is 2.23. The second-order valence-electron chi connectivity index (χ2n) is 7.03. The summed E-state index contributed by atoms with van der Waals surface area (Å²) in [4.78, 5) is 6.91. The van der Waals surface area contributed by atoms with Crippen LogP contribution >= 0.6 is 0 Å². The van der Waals surface area contributed by atoms with Crippen LogP contribution in [0.5, 0.6) is 0 Å². The fourth-order valence-corrected chi connectivity index (χ4v) is 3.50. The summed E-state index contributed by atoms with van der Waals surface area (Å²) >= 11 is 0. The van der Waals surface area contributed by atoms with Crippen LogP contribution in [-0.4, -0.2) is 29.1 Å². The van der Waals surface area contributed by atoms with E-state index in [1.54, 1.807) is 18.4 Å². The van der Waals surface area contributed by atoms with E-state index in [2.05, 4.69) is 9.88 Å². The van der Waals surface area contributed by atoms with Crippen LogP contribution in [0.15, 0.2) is 59.2 Å². The van der Waals surface area contributed by atoms with Gasteiger partial charge in [-0.3, -0.25) is 4.90 Å². The average molecular weight is 384 g/mol. The highest BCUT2D eigenvalue weighted by molar-refractivity contribution is 5.52. The number of halogens is 2. The maximum atomic E-state index is 13.2. The third kappa shape index (κ3) is 4.64. The third-order valence-corrected chi connectivity index (χ3v) is 5.01. The van der Waals surface area contributed by atoms with Crippen molar-refractivity contribution in [1.29, 1.82) is 0 Å². The normalized spacial score (nSPS) is 15.2. The van der Waals surface area contributed by atoms with Crippen LogP contribution in [-0.2, 0) is 17.8 Å². The SMILES string of the molecule is Fc1ccc(CN(Cc2coc(-c3ccc(F)cc3)n2)C2CCOCC2)cc1. The van der Waals surface area contributed by atoms with Crippen molar-refractivity contribution in [2.75, 3.05) is 13.2 Å². The highest BCUT2D eigenvalue weighted by Crippen LogP contribution is 2.23. The summed E-state index contributed by atoms with van der Waals surface area (Å²) in [5, 5.41) is 0. The van der Waals surface area contributed by atoms with E-state index in [0.29, 0.717) is 25.0 Å². The quantitative estimate of drug-likeness (QED) is 0.612. The highest BCUT2D eigenvalue weighted by atomic mass is 19.1. The zero-order valence-corrected chi connectivity index (χ0v) is 15.5. The Hall–Kier alpha value is -2.57. The Labute approximate surface area is 162 Å². The second kappa shape index (κ2) is 8.63. The van der Waals surface area contributed by atoms with Gasteiger partial charge in [-0.05, 0) is 54.8 Å². The van der Waals surface area contributed by atoms with Gasteiger partial charge < -0.3 is 9.15 Å². The Balaban J connectivity index is 1.51. The number of ether oxygens (including phenoxy) is 1. The summed E-state index contributed by atoms with van der Waals surface area (Å²) < 4.78 is 37.5.